The van der Waals surface area contributed by atoms with Gasteiger partial charge in [-0.2, -0.15) is 0 Å². The minimum Gasteiger partial charge on any atom is -0.381 e. The van der Waals surface area contributed by atoms with Gasteiger partial charge in [-0.3, -0.25) is 0 Å². The standard InChI is InChI=1S/C12H21ClO2/c13-6-1-2-11-3-7-15-12(10-11)4-8-14-9-5-12/h11H,1-10H2. The van der Waals surface area contributed by atoms with Crippen LogP contribution in [0.4, 0.5) is 0 Å². The van der Waals surface area contributed by atoms with Crippen molar-refractivity contribution < 1.29 is 9.47 Å². The molecule has 0 aromatic heterocycles. The summed E-state index contributed by atoms with van der Waals surface area (Å²) >= 11 is 5.75. The number of rotatable bonds is 3. The third kappa shape index (κ3) is 3.08. The monoisotopic (exact) mass is 232 g/mol. The largest absolute Gasteiger partial charge is 0.381 e. The zero-order chi connectivity index (χ0) is 10.6. The molecule has 15 heavy (non-hydrogen) atoms. The molecule has 2 fully saturated rings. The van der Waals surface area contributed by atoms with E-state index in [0.29, 0.717) is 0 Å². The fourth-order valence-corrected chi connectivity index (χ4v) is 2.99. The summed E-state index contributed by atoms with van der Waals surface area (Å²) in [6, 6.07) is 0. The Kier molecular flexibility index (Phi) is 4.30. The van der Waals surface area contributed by atoms with Crippen LogP contribution in [0.2, 0.25) is 0 Å². The first-order valence-electron chi connectivity index (χ1n) is 6.12. The number of ether oxygens (including phenoxy) is 2. The highest BCUT2D eigenvalue weighted by atomic mass is 35.5. The molecule has 0 aromatic carbocycles. The molecule has 2 aliphatic heterocycles. The van der Waals surface area contributed by atoms with Gasteiger partial charge >= 0.3 is 0 Å². The lowest BCUT2D eigenvalue weighted by Gasteiger charge is -2.43. The first-order valence-corrected chi connectivity index (χ1v) is 6.66. The average molecular weight is 233 g/mol. The summed E-state index contributed by atoms with van der Waals surface area (Å²) in [6.07, 6.45) is 7.05. The molecular formula is C12H21ClO2. The molecule has 1 spiro atoms. The lowest BCUT2D eigenvalue weighted by atomic mass is 9.79. The van der Waals surface area contributed by atoms with Crippen LogP contribution in [0.3, 0.4) is 0 Å². The quantitative estimate of drug-likeness (QED) is 0.697. The van der Waals surface area contributed by atoms with E-state index >= 15 is 0 Å². The van der Waals surface area contributed by atoms with Crippen molar-refractivity contribution in [2.24, 2.45) is 5.92 Å². The summed E-state index contributed by atoms with van der Waals surface area (Å²) in [5.74, 6) is 1.63. The van der Waals surface area contributed by atoms with Crippen LogP contribution in [0, 0.1) is 5.92 Å². The fraction of sp³-hybridized carbons (Fsp3) is 1.00. The van der Waals surface area contributed by atoms with Gasteiger partial charge in [-0.05, 0) is 44.4 Å². The molecule has 0 bridgehead atoms. The van der Waals surface area contributed by atoms with Crippen molar-refractivity contribution in [2.75, 3.05) is 25.7 Å². The van der Waals surface area contributed by atoms with E-state index in [9.17, 15) is 0 Å². The van der Waals surface area contributed by atoms with E-state index < -0.39 is 0 Å². The van der Waals surface area contributed by atoms with Gasteiger partial charge in [0.2, 0.25) is 0 Å². The molecule has 0 radical (unpaired) electrons. The lowest BCUT2D eigenvalue weighted by molar-refractivity contribution is -0.147. The molecule has 2 rings (SSSR count). The van der Waals surface area contributed by atoms with E-state index in [0.717, 1.165) is 50.9 Å². The van der Waals surface area contributed by atoms with Crippen LogP contribution in [-0.4, -0.2) is 31.3 Å². The van der Waals surface area contributed by atoms with Gasteiger partial charge in [0.05, 0.1) is 5.60 Å². The minimum absolute atomic E-state index is 0.160. The highest BCUT2D eigenvalue weighted by Gasteiger charge is 2.38. The zero-order valence-corrected chi connectivity index (χ0v) is 10.1. The van der Waals surface area contributed by atoms with Gasteiger partial charge in [-0.1, -0.05) is 0 Å². The van der Waals surface area contributed by atoms with E-state index in [4.69, 9.17) is 21.1 Å². The summed E-state index contributed by atoms with van der Waals surface area (Å²) < 4.78 is 11.4. The Morgan fingerprint density at radius 3 is 2.73 bits per heavy atom. The minimum atomic E-state index is 0.160. The van der Waals surface area contributed by atoms with E-state index in [2.05, 4.69) is 0 Å². The van der Waals surface area contributed by atoms with Crippen LogP contribution in [0.1, 0.15) is 38.5 Å². The van der Waals surface area contributed by atoms with E-state index in [1.807, 2.05) is 0 Å². The van der Waals surface area contributed by atoms with Crippen LogP contribution in [0.15, 0.2) is 0 Å². The summed E-state index contributed by atoms with van der Waals surface area (Å²) in [5.41, 5.74) is 0.160. The third-order valence-corrected chi connectivity index (χ3v) is 4.01. The molecule has 2 saturated heterocycles. The van der Waals surface area contributed by atoms with Gasteiger partial charge in [0, 0.05) is 25.7 Å². The van der Waals surface area contributed by atoms with Gasteiger partial charge in [0.15, 0.2) is 0 Å². The molecule has 3 heteroatoms. The smallest absolute Gasteiger partial charge is 0.0729 e. The molecule has 0 N–H and O–H groups in total. The zero-order valence-electron chi connectivity index (χ0n) is 9.34. The molecule has 2 nitrogen and oxygen atoms in total. The topological polar surface area (TPSA) is 18.5 Å². The molecule has 0 aromatic rings. The molecule has 88 valence electrons. The maximum Gasteiger partial charge on any atom is 0.0729 e. The normalized spacial score (nSPS) is 30.6. The molecule has 1 atom stereocenters. The van der Waals surface area contributed by atoms with E-state index in [1.54, 1.807) is 0 Å². The highest BCUT2D eigenvalue weighted by Crippen LogP contribution is 2.38. The van der Waals surface area contributed by atoms with Crippen molar-refractivity contribution in [1.82, 2.24) is 0 Å². The van der Waals surface area contributed by atoms with E-state index in [1.165, 1.54) is 19.3 Å². The van der Waals surface area contributed by atoms with Gasteiger partial charge in [0.25, 0.3) is 0 Å². The Balaban J connectivity index is 1.85. The molecule has 0 aliphatic carbocycles. The molecule has 0 amide bonds. The first-order chi connectivity index (χ1) is 7.35. The van der Waals surface area contributed by atoms with Gasteiger partial charge < -0.3 is 9.47 Å². The van der Waals surface area contributed by atoms with Crippen LogP contribution in [-0.2, 0) is 9.47 Å². The average Bonchev–Trinajstić information content (AvgIpc) is 2.28. The van der Waals surface area contributed by atoms with Crippen molar-refractivity contribution in [3.05, 3.63) is 0 Å². The van der Waals surface area contributed by atoms with Crippen LogP contribution < -0.4 is 0 Å². The Morgan fingerprint density at radius 1 is 1.20 bits per heavy atom. The maximum absolute atomic E-state index is 6.00. The van der Waals surface area contributed by atoms with Crippen molar-refractivity contribution in [2.45, 2.75) is 44.1 Å². The predicted octanol–water partition coefficient (Wildman–Crippen LogP) is 2.98. The summed E-state index contributed by atoms with van der Waals surface area (Å²) in [7, 11) is 0. The molecule has 1 unspecified atom stereocenters. The van der Waals surface area contributed by atoms with Crippen molar-refractivity contribution in [3.63, 3.8) is 0 Å². The number of hydrogen-bond acceptors (Lipinski definition) is 2. The number of hydrogen-bond donors (Lipinski definition) is 0. The lowest BCUT2D eigenvalue weighted by Crippen LogP contribution is -2.44. The first kappa shape index (κ1) is 11.7. The second kappa shape index (κ2) is 5.51. The van der Waals surface area contributed by atoms with Crippen molar-refractivity contribution in [3.8, 4) is 0 Å². The van der Waals surface area contributed by atoms with E-state index in [-0.39, 0.29) is 5.60 Å². The SMILES string of the molecule is ClCCCC1CCOC2(CCOCC2)C1. The molecule has 2 aliphatic rings. The van der Waals surface area contributed by atoms with Crippen LogP contribution >= 0.6 is 11.6 Å². The summed E-state index contributed by atoms with van der Waals surface area (Å²) in [4.78, 5) is 0. The maximum atomic E-state index is 6.00. The van der Waals surface area contributed by atoms with Crippen LogP contribution in [0.5, 0.6) is 0 Å². The second-order valence-electron chi connectivity index (χ2n) is 4.83. The molecule has 2 heterocycles. The number of halogens is 1. The van der Waals surface area contributed by atoms with Crippen LogP contribution in [0.25, 0.3) is 0 Å². The second-order valence-corrected chi connectivity index (χ2v) is 5.21. The highest BCUT2D eigenvalue weighted by molar-refractivity contribution is 6.17. The van der Waals surface area contributed by atoms with Crippen molar-refractivity contribution in [1.29, 1.82) is 0 Å². The Morgan fingerprint density at radius 2 is 2.00 bits per heavy atom. The molecular weight excluding hydrogens is 212 g/mol. The van der Waals surface area contributed by atoms with Gasteiger partial charge in [0.1, 0.15) is 0 Å². The Labute approximate surface area is 97.3 Å². The summed E-state index contributed by atoms with van der Waals surface area (Å²) in [5, 5.41) is 0. The third-order valence-electron chi connectivity index (χ3n) is 3.75. The summed E-state index contributed by atoms with van der Waals surface area (Å²) in [6.45, 7) is 2.69. The van der Waals surface area contributed by atoms with Gasteiger partial charge in [-0.15, -0.1) is 11.6 Å². The number of alkyl halides is 1. The van der Waals surface area contributed by atoms with Gasteiger partial charge in [-0.25, -0.2) is 0 Å². The Hall–Kier alpha value is 0.210. The molecule has 0 saturated carbocycles. The Bertz CT molecular complexity index is 185. The fourth-order valence-electron chi connectivity index (χ4n) is 2.83. The predicted molar refractivity (Wildman–Crippen MR) is 61.4 cm³/mol. The van der Waals surface area contributed by atoms with Crippen molar-refractivity contribution >= 4 is 11.6 Å².